The highest BCUT2D eigenvalue weighted by Crippen LogP contribution is 2.24. The molecule has 0 fully saturated rings. The van der Waals surface area contributed by atoms with Crippen LogP contribution in [0, 0.1) is 20.8 Å². The molecule has 4 rings (SSSR count). The van der Waals surface area contributed by atoms with Gasteiger partial charge in [-0.05, 0) is 45.0 Å². The average molecular weight is 390 g/mol. The van der Waals surface area contributed by atoms with E-state index in [0.717, 1.165) is 0 Å². The number of carbonyl (C=O) groups excluding carboxylic acids is 1. The zero-order chi connectivity index (χ0) is 20.4. The predicted molar refractivity (Wildman–Crippen MR) is 104 cm³/mol. The number of hydrogen-bond acceptors (Lipinski definition) is 7. The molecular weight excluding hydrogens is 372 g/mol. The van der Waals surface area contributed by atoms with Gasteiger partial charge in [0, 0.05) is 24.1 Å². The summed E-state index contributed by atoms with van der Waals surface area (Å²) in [6.07, 6.45) is 5.12. The number of carbonyl (C=O) groups is 1. The average Bonchev–Trinajstić information content (AvgIpc) is 3.33. The Morgan fingerprint density at radius 2 is 1.93 bits per heavy atom. The van der Waals surface area contributed by atoms with Crippen LogP contribution in [-0.2, 0) is 0 Å². The third-order valence-electron chi connectivity index (χ3n) is 4.16. The standard InChI is InChI=1S/C20H18N6O3/c1-12-19(13(2)29-25-12)20(27)24-15-4-6-16(7-5-15)28-18-10-17(22-14(3)23-18)26-9-8-21-11-26/h4-11H,1-3H3,(H,24,27). The minimum atomic E-state index is -0.272. The van der Waals surface area contributed by atoms with Crippen molar-refractivity contribution in [2.45, 2.75) is 20.8 Å². The lowest BCUT2D eigenvalue weighted by Crippen LogP contribution is -2.13. The van der Waals surface area contributed by atoms with Crippen molar-refractivity contribution < 1.29 is 14.1 Å². The predicted octanol–water partition coefficient (Wildman–Crippen LogP) is 3.62. The first-order valence-corrected chi connectivity index (χ1v) is 8.86. The Hall–Kier alpha value is -4.01. The molecule has 9 nitrogen and oxygen atoms in total. The lowest BCUT2D eigenvalue weighted by molar-refractivity contribution is 0.102. The van der Waals surface area contributed by atoms with Gasteiger partial charge in [0.1, 0.15) is 35.0 Å². The number of nitrogens with one attached hydrogen (secondary N) is 1. The van der Waals surface area contributed by atoms with E-state index in [-0.39, 0.29) is 5.91 Å². The third kappa shape index (κ3) is 3.98. The van der Waals surface area contributed by atoms with Crippen molar-refractivity contribution in [3.05, 3.63) is 71.9 Å². The van der Waals surface area contributed by atoms with Crippen molar-refractivity contribution in [2.24, 2.45) is 0 Å². The fourth-order valence-corrected chi connectivity index (χ4v) is 2.83. The summed E-state index contributed by atoms with van der Waals surface area (Å²) in [6.45, 7) is 5.22. The number of anilines is 1. The van der Waals surface area contributed by atoms with E-state index in [4.69, 9.17) is 9.26 Å². The molecule has 0 radical (unpaired) electrons. The lowest BCUT2D eigenvalue weighted by Gasteiger charge is -2.09. The van der Waals surface area contributed by atoms with Crippen LogP contribution in [0.15, 0.2) is 53.6 Å². The molecule has 0 aliphatic carbocycles. The van der Waals surface area contributed by atoms with Crippen molar-refractivity contribution in [1.29, 1.82) is 0 Å². The first kappa shape index (κ1) is 18.4. The first-order chi connectivity index (χ1) is 14.0. The second-order valence-electron chi connectivity index (χ2n) is 6.36. The molecule has 3 heterocycles. The summed E-state index contributed by atoms with van der Waals surface area (Å²) >= 11 is 0. The van der Waals surface area contributed by atoms with E-state index in [0.29, 0.717) is 46.0 Å². The van der Waals surface area contributed by atoms with Gasteiger partial charge in [-0.2, -0.15) is 4.98 Å². The van der Waals surface area contributed by atoms with Crippen LogP contribution in [0.4, 0.5) is 5.69 Å². The number of benzene rings is 1. The lowest BCUT2D eigenvalue weighted by atomic mass is 10.2. The van der Waals surface area contributed by atoms with Crippen molar-refractivity contribution in [3.8, 4) is 17.4 Å². The maximum absolute atomic E-state index is 12.4. The Morgan fingerprint density at radius 1 is 1.14 bits per heavy atom. The molecular formula is C20H18N6O3. The maximum Gasteiger partial charge on any atom is 0.261 e. The first-order valence-electron chi connectivity index (χ1n) is 8.86. The van der Waals surface area contributed by atoms with Gasteiger partial charge in [-0.25, -0.2) is 9.97 Å². The Labute approximate surface area is 166 Å². The van der Waals surface area contributed by atoms with E-state index < -0.39 is 0 Å². The van der Waals surface area contributed by atoms with Crippen LogP contribution >= 0.6 is 0 Å². The highest BCUT2D eigenvalue weighted by atomic mass is 16.5. The largest absolute Gasteiger partial charge is 0.439 e. The second-order valence-corrected chi connectivity index (χ2v) is 6.36. The van der Waals surface area contributed by atoms with Gasteiger partial charge in [0.2, 0.25) is 5.88 Å². The van der Waals surface area contributed by atoms with Gasteiger partial charge in [0.15, 0.2) is 0 Å². The smallest absolute Gasteiger partial charge is 0.261 e. The van der Waals surface area contributed by atoms with Gasteiger partial charge >= 0.3 is 0 Å². The number of ether oxygens (including phenoxy) is 1. The van der Waals surface area contributed by atoms with Gasteiger partial charge in [-0.3, -0.25) is 9.36 Å². The molecule has 0 saturated heterocycles. The number of rotatable bonds is 5. The van der Waals surface area contributed by atoms with Gasteiger partial charge in [-0.1, -0.05) is 5.16 Å². The fourth-order valence-electron chi connectivity index (χ4n) is 2.83. The molecule has 146 valence electrons. The summed E-state index contributed by atoms with van der Waals surface area (Å²) in [6, 6.07) is 8.71. The molecule has 0 unspecified atom stereocenters. The Balaban J connectivity index is 1.48. The molecule has 1 N–H and O–H groups in total. The molecule has 1 aromatic carbocycles. The molecule has 0 atom stereocenters. The summed E-state index contributed by atoms with van der Waals surface area (Å²) in [4.78, 5) is 25.1. The van der Waals surface area contributed by atoms with Crippen molar-refractivity contribution in [3.63, 3.8) is 0 Å². The molecule has 0 aliphatic heterocycles. The molecule has 0 saturated carbocycles. The number of amides is 1. The van der Waals surface area contributed by atoms with Crippen LogP contribution in [0.5, 0.6) is 11.6 Å². The minimum absolute atomic E-state index is 0.272. The number of nitrogens with zero attached hydrogens (tertiary/aromatic N) is 5. The Bertz CT molecular complexity index is 1130. The van der Waals surface area contributed by atoms with Crippen LogP contribution in [0.3, 0.4) is 0 Å². The number of hydrogen-bond donors (Lipinski definition) is 1. The molecule has 0 spiro atoms. The molecule has 4 aromatic rings. The molecule has 1 amide bonds. The van der Waals surface area contributed by atoms with E-state index in [1.54, 1.807) is 74.4 Å². The maximum atomic E-state index is 12.4. The highest BCUT2D eigenvalue weighted by molar-refractivity contribution is 6.05. The molecule has 9 heteroatoms. The fraction of sp³-hybridized carbons (Fsp3) is 0.150. The zero-order valence-electron chi connectivity index (χ0n) is 16.1. The molecule has 0 aliphatic rings. The Morgan fingerprint density at radius 3 is 2.59 bits per heavy atom. The van der Waals surface area contributed by atoms with E-state index in [1.807, 2.05) is 0 Å². The molecule has 3 aromatic heterocycles. The SMILES string of the molecule is Cc1nc(Oc2ccc(NC(=O)c3c(C)noc3C)cc2)cc(-n2ccnc2)n1. The van der Waals surface area contributed by atoms with Crippen LogP contribution in [0.25, 0.3) is 5.82 Å². The van der Waals surface area contributed by atoms with Crippen molar-refractivity contribution in [2.75, 3.05) is 5.32 Å². The van der Waals surface area contributed by atoms with Gasteiger partial charge in [0.05, 0.1) is 5.69 Å². The monoisotopic (exact) mass is 390 g/mol. The summed E-state index contributed by atoms with van der Waals surface area (Å²) in [5.41, 5.74) is 1.61. The van der Waals surface area contributed by atoms with Crippen LogP contribution in [0.1, 0.15) is 27.6 Å². The molecule has 0 bridgehead atoms. The van der Waals surface area contributed by atoms with Crippen LogP contribution < -0.4 is 10.1 Å². The summed E-state index contributed by atoms with van der Waals surface area (Å²) in [5.74, 6) is 2.44. The zero-order valence-corrected chi connectivity index (χ0v) is 16.1. The summed E-state index contributed by atoms with van der Waals surface area (Å²) in [5, 5.41) is 6.62. The minimum Gasteiger partial charge on any atom is -0.439 e. The van der Waals surface area contributed by atoms with Crippen molar-refractivity contribution >= 4 is 11.6 Å². The van der Waals surface area contributed by atoms with Crippen molar-refractivity contribution in [1.82, 2.24) is 24.7 Å². The van der Waals surface area contributed by atoms with Crippen LogP contribution in [0.2, 0.25) is 0 Å². The van der Waals surface area contributed by atoms with Gasteiger partial charge < -0.3 is 14.6 Å². The number of aryl methyl sites for hydroxylation is 3. The Kier molecular flexibility index (Phi) is 4.78. The second kappa shape index (κ2) is 7.55. The van der Waals surface area contributed by atoms with Gasteiger partial charge in [-0.15, -0.1) is 0 Å². The van der Waals surface area contributed by atoms with E-state index >= 15 is 0 Å². The van der Waals surface area contributed by atoms with E-state index in [2.05, 4.69) is 25.4 Å². The summed E-state index contributed by atoms with van der Waals surface area (Å²) < 4.78 is 12.7. The number of imidazole rings is 1. The highest BCUT2D eigenvalue weighted by Gasteiger charge is 2.17. The normalized spacial score (nSPS) is 10.7. The molecule has 29 heavy (non-hydrogen) atoms. The quantitative estimate of drug-likeness (QED) is 0.554. The summed E-state index contributed by atoms with van der Waals surface area (Å²) in [7, 11) is 0. The topological polar surface area (TPSA) is 108 Å². The van der Waals surface area contributed by atoms with Gasteiger partial charge in [0.25, 0.3) is 5.91 Å². The van der Waals surface area contributed by atoms with Crippen LogP contribution in [-0.4, -0.2) is 30.6 Å². The third-order valence-corrected chi connectivity index (χ3v) is 4.16. The van der Waals surface area contributed by atoms with E-state index in [9.17, 15) is 4.79 Å². The number of aromatic nitrogens is 5. The van der Waals surface area contributed by atoms with E-state index in [1.165, 1.54) is 0 Å².